The minimum atomic E-state index is -4.03. The highest BCUT2D eigenvalue weighted by molar-refractivity contribution is 7.93. The van der Waals surface area contributed by atoms with Crippen LogP contribution in [0.2, 0.25) is 4.47 Å². The van der Waals surface area contributed by atoms with E-state index in [9.17, 15) is 17.2 Å². The summed E-state index contributed by atoms with van der Waals surface area (Å²) < 4.78 is 45.0. The smallest absolute Gasteiger partial charge is 0.221 e. The van der Waals surface area contributed by atoms with Crippen molar-refractivity contribution >= 4 is 32.8 Å². The Morgan fingerprint density at radius 1 is 1.46 bits per heavy atom. The van der Waals surface area contributed by atoms with Crippen LogP contribution in [0.3, 0.4) is 0 Å². The van der Waals surface area contributed by atoms with Crippen molar-refractivity contribution < 1.29 is 17.2 Å². The third kappa shape index (κ3) is 2.82. The quantitative estimate of drug-likeness (QED) is 0.807. The summed E-state index contributed by atoms with van der Waals surface area (Å²) in [5.74, 6) is -1.25. The van der Waals surface area contributed by atoms with Crippen LogP contribution < -0.4 is 0 Å². The third-order valence-electron chi connectivity index (χ3n) is 0.993. The number of aromatic nitrogens is 2. The van der Waals surface area contributed by atoms with Crippen LogP contribution in [0, 0.1) is 0 Å². The van der Waals surface area contributed by atoms with Crippen LogP contribution in [0.15, 0.2) is 4.34 Å². The molecule has 0 spiro atoms. The Labute approximate surface area is 81.5 Å². The van der Waals surface area contributed by atoms with Gasteiger partial charge in [-0.3, -0.25) is 0 Å². The van der Waals surface area contributed by atoms with E-state index < -0.39 is 26.4 Å². The van der Waals surface area contributed by atoms with E-state index in [4.69, 9.17) is 11.6 Å². The molecular weight excluding hydrogens is 246 g/mol. The average Bonchev–Trinajstić information content (AvgIpc) is 2.32. The maximum atomic E-state index is 11.8. The van der Waals surface area contributed by atoms with E-state index in [1.165, 1.54) is 0 Å². The lowest BCUT2D eigenvalue weighted by Crippen LogP contribution is -2.13. The molecule has 0 saturated carbocycles. The molecule has 4 nitrogen and oxygen atoms in total. The van der Waals surface area contributed by atoms with E-state index in [-0.39, 0.29) is 4.47 Å². The molecule has 0 saturated heterocycles. The molecule has 0 unspecified atom stereocenters. The van der Waals surface area contributed by atoms with Gasteiger partial charge in [-0.05, 0) is 11.6 Å². The molecule has 0 aliphatic rings. The fraction of sp³-hybridized carbons (Fsp3) is 0.500. The topological polar surface area (TPSA) is 59.9 Å². The molecule has 0 amide bonds. The van der Waals surface area contributed by atoms with Crippen molar-refractivity contribution in [3.05, 3.63) is 4.47 Å². The van der Waals surface area contributed by atoms with Gasteiger partial charge in [0.2, 0.25) is 18.6 Å². The molecule has 74 valence electrons. The van der Waals surface area contributed by atoms with Crippen LogP contribution in [-0.2, 0) is 9.84 Å². The molecule has 13 heavy (non-hydrogen) atoms. The lowest BCUT2D eigenvalue weighted by atomic mass is 10.9. The van der Waals surface area contributed by atoms with Gasteiger partial charge in [-0.2, -0.15) is 0 Å². The first-order chi connectivity index (χ1) is 5.92. The lowest BCUT2D eigenvalue weighted by molar-refractivity contribution is 0.174. The molecule has 1 rings (SSSR count). The molecule has 1 heterocycles. The monoisotopic (exact) mass is 248 g/mol. The van der Waals surface area contributed by atoms with E-state index in [1.54, 1.807) is 0 Å². The second-order valence-electron chi connectivity index (χ2n) is 1.99. The third-order valence-corrected chi connectivity index (χ3v) is 4.12. The predicted molar refractivity (Wildman–Crippen MR) is 43.0 cm³/mol. The Bertz CT molecular complexity index is 391. The van der Waals surface area contributed by atoms with Gasteiger partial charge in [-0.1, -0.05) is 11.3 Å². The zero-order valence-corrected chi connectivity index (χ0v) is 8.33. The molecular formula is C4H3ClF2N2O2S2. The van der Waals surface area contributed by atoms with Gasteiger partial charge in [0.05, 0.1) is 0 Å². The zero-order valence-electron chi connectivity index (χ0n) is 5.95. The highest BCUT2D eigenvalue weighted by Crippen LogP contribution is 2.21. The summed E-state index contributed by atoms with van der Waals surface area (Å²) in [6, 6.07) is 0. The molecule has 0 N–H and O–H groups in total. The molecule has 0 aliphatic carbocycles. The second kappa shape index (κ2) is 3.81. The number of rotatable bonds is 3. The number of hydrogen-bond donors (Lipinski definition) is 0. The van der Waals surface area contributed by atoms with E-state index in [1.807, 2.05) is 0 Å². The van der Waals surface area contributed by atoms with Crippen molar-refractivity contribution in [3.8, 4) is 0 Å². The highest BCUT2D eigenvalue weighted by atomic mass is 35.5. The van der Waals surface area contributed by atoms with E-state index >= 15 is 0 Å². The fourth-order valence-electron chi connectivity index (χ4n) is 0.556. The number of alkyl halides is 2. The first kappa shape index (κ1) is 10.7. The van der Waals surface area contributed by atoms with Crippen molar-refractivity contribution in [1.82, 2.24) is 10.2 Å². The van der Waals surface area contributed by atoms with Crippen molar-refractivity contribution in [2.24, 2.45) is 0 Å². The maximum absolute atomic E-state index is 11.8. The van der Waals surface area contributed by atoms with Gasteiger partial charge in [0.15, 0.2) is 0 Å². The standard InChI is InChI=1S/C4H3ClF2N2O2S2/c5-3-8-9-4(12-3)13(10,11)1-2(6)7/h2H,1H2. The summed E-state index contributed by atoms with van der Waals surface area (Å²) in [6.07, 6.45) is -2.92. The minimum Gasteiger partial charge on any atom is -0.221 e. The van der Waals surface area contributed by atoms with Crippen LogP contribution in [0.1, 0.15) is 0 Å². The average molecular weight is 249 g/mol. The highest BCUT2D eigenvalue weighted by Gasteiger charge is 2.24. The van der Waals surface area contributed by atoms with Gasteiger partial charge >= 0.3 is 0 Å². The van der Waals surface area contributed by atoms with Gasteiger partial charge in [0.1, 0.15) is 5.75 Å². The number of sulfone groups is 1. The zero-order chi connectivity index (χ0) is 10.1. The Morgan fingerprint density at radius 3 is 2.46 bits per heavy atom. The Hall–Kier alpha value is -0.340. The first-order valence-electron chi connectivity index (χ1n) is 2.92. The van der Waals surface area contributed by atoms with E-state index in [0.29, 0.717) is 11.3 Å². The summed E-state index contributed by atoms with van der Waals surface area (Å²) >= 11 is 5.85. The van der Waals surface area contributed by atoms with Crippen LogP contribution in [-0.4, -0.2) is 30.8 Å². The molecule has 0 atom stereocenters. The minimum absolute atomic E-state index is 0.0900. The lowest BCUT2D eigenvalue weighted by Gasteiger charge is -1.96. The summed E-state index contributed by atoms with van der Waals surface area (Å²) in [4.78, 5) is 0. The summed E-state index contributed by atoms with van der Waals surface area (Å²) in [7, 11) is -4.03. The van der Waals surface area contributed by atoms with Gasteiger partial charge in [-0.15, -0.1) is 10.2 Å². The largest absolute Gasteiger partial charge is 0.252 e. The predicted octanol–water partition coefficient (Wildman–Crippen LogP) is 1.23. The molecule has 1 aromatic rings. The Balaban J connectivity index is 2.95. The van der Waals surface area contributed by atoms with Gasteiger partial charge in [0.25, 0.3) is 6.43 Å². The Morgan fingerprint density at radius 2 is 2.08 bits per heavy atom. The van der Waals surface area contributed by atoms with Crippen LogP contribution in [0.25, 0.3) is 0 Å². The fourth-order valence-corrected chi connectivity index (χ4v) is 2.85. The van der Waals surface area contributed by atoms with Crippen molar-refractivity contribution in [3.63, 3.8) is 0 Å². The SMILES string of the molecule is O=S(=O)(CC(F)F)c1nnc(Cl)s1. The van der Waals surface area contributed by atoms with E-state index in [2.05, 4.69) is 10.2 Å². The van der Waals surface area contributed by atoms with Crippen molar-refractivity contribution in [1.29, 1.82) is 0 Å². The maximum Gasteiger partial charge on any atom is 0.252 e. The van der Waals surface area contributed by atoms with Gasteiger partial charge in [-0.25, -0.2) is 17.2 Å². The Kier molecular flexibility index (Phi) is 3.14. The number of nitrogens with zero attached hydrogens (tertiary/aromatic N) is 2. The molecule has 0 aromatic carbocycles. The molecule has 1 aromatic heterocycles. The van der Waals surface area contributed by atoms with Crippen molar-refractivity contribution in [2.45, 2.75) is 10.8 Å². The number of hydrogen-bond acceptors (Lipinski definition) is 5. The normalized spacial score (nSPS) is 12.3. The van der Waals surface area contributed by atoms with Crippen LogP contribution >= 0.6 is 22.9 Å². The first-order valence-corrected chi connectivity index (χ1v) is 5.76. The van der Waals surface area contributed by atoms with Crippen LogP contribution in [0.4, 0.5) is 8.78 Å². The van der Waals surface area contributed by atoms with Crippen LogP contribution in [0.5, 0.6) is 0 Å². The summed E-state index contributed by atoms with van der Waals surface area (Å²) in [6.45, 7) is 0. The molecule has 0 aliphatic heterocycles. The molecule has 0 fully saturated rings. The molecule has 9 heteroatoms. The molecule has 0 radical (unpaired) electrons. The van der Waals surface area contributed by atoms with Crippen molar-refractivity contribution in [2.75, 3.05) is 5.75 Å². The molecule has 0 bridgehead atoms. The summed E-state index contributed by atoms with van der Waals surface area (Å²) in [5.41, 5.74) is 0. The van der Waals surface area contributed by atoms with Gasteiger partial charge in [0, 0.05) is 0 Å². The number of halogens is 3. The second-order valence-corrected chi connectivity index (χ2v) is 5.76. The van der Waals surface area contributed by atoms with Gasteiger partial charge < -0.3 is 0 Å². The summed E-state index contributed by atoms with van der Waals surface area (Å²) in [5, 5.41) is 6.36. The van der Waals surface area contributed by atoms with E-state index in [0.717, 1.165) is 0 Å².